The van der Waals surface area contributed by atoms with Gasteiger partial charge in [0, 0.05) is 17.8 Å². The number of nitro groups is 1. The molecule has 0 heterocycles. The first-order chi connectivity index (χ1) is 9.06. The molecular weight excluding hydrogens is 244 g/mol. The van der Waals surface area contributed by atoms with Crippen molar-refractivity contribution in [1.82, 2.24) is 0 Å². The Labute approximate surface area is 112 Å². The Morgan fingerprint density at radius 3 is 2.74 bits per heavy atom. The number of rotatable bonds is 3. The molecule has 2 N–H and O–H groups in total. The van der Waals surface area contributed by atoms with Crippen molar-refractivity contribution in [2.45, 2.75) is 51.2 Å². The van der Waals surface area contributed by atoms with E-state index in [2.05, 4.69) is 5.32 Å². The van der Waals surface area contributed by atoms with Crippen LogP contribution in [-0.2, 0) is 0 Å². The second-order valence-electron chi connectivity index (χ2n) is 5.27. The monoisotopic (exact) mass is 264 g/mol. The summed E-state index contributed by atoms with van der Waals surface area (Å²) < 4.78 is 0. The Balaban J connectivity index is 2.15. The second-order valence-corrected chi connectivity index (χ2v) is 5.27. The number of aliphatic hydroxyl groups is 1. The number of nitro benzene ring substituents is 1. The Morgan fingerprint density at radius 2 is 2.00 bits per heavy atom. The molecule has 0 amide bonds. The molecule has 5 heteroatoms. The lowest BCUT2D eigenvalue weighted by Crippen LogP contribution is -2.32. The fourth-order valence-corrected chi connectivity index (χ4v) is 2.62. The standard InChI is InChI=1S/C14H20N2O3/c1-10-7-11(9-12(8-10)16(18)19)15-13-5-3-2-4-6-14(13)17/h7-9,13-15,17H,2-6H2,1H3. The maximum atomic E-state index is 10.8. The summed E-state index contributed by atoms with van der Waals surface area (Å²) in [6.45, 7) is 1.84. The van der Waals surface area contributed by atoms with E-state index in [9.17, 15) is 15.2 Å². The number of hydrogen-bond donors (Lipinski definition) is 2. The largest absolute Gasteiger partial charge is 0.391 e. The number of non-ortho nitro benzene ring substituents is 1. The van der Waals surface area contributed by atoms with Gasteiger partial charge in [-0.05, 0) is 31.4 Å². The molecule has 1 fully saturated rings. The maximum Gasteiger partial charge on any atom is 0.271 e. The third-order valence-electron chi connectivity index (χ3n) is 3.60. The van der Waals surface area contributed by atoms with Crippen LogP contribution < -0.4 is 5.32 Å². The van der Waals surface area contributed by atoms with E-state index in [1.54, 1.807) is 6.07 Å². The first kappa shape index (κ1) is 13.8. The van der Waals surface area contributed by atoms with Gasteiger partial charge in [0.2, 0.25) is 0 Å². The van der Waals surface area contributed by atoms with Crippen molar-refractivity contribution in [3.63, 3.8) is 0 Å². The summed E-state index contributed by atoms with van der Waals surface area (Å²) in [4.78, 5) is 10.5. The number of benzene rings is 1. The first-order valence-corrected chi connectivity index (χ1v) is 6.77. The molecule has 0 radical (unpaired) electrons. The van der Waals surface area contributed by atoms with Crippen LogP contribution in [0.4, 0.5) is 11.4 Å². The highest BCUT2D eigenvalue weighted by molar-refractivity contribution is 5.54. The minimum Gasteiger partial charge on any atom is -0.391 e. The van der Waals surface area contributed by atoms with E-state index in [-0.39, 0.29) is 22.8 Å². The molecule has 1 aromatic rings. The van der Waals surface area contributed by atoms with Crippen LogP contribution in [0.1, 0.15) is 37.7 Å². The molecule has 1 saturated carbocycles. The van der Waals surface area contributed by atoms with Gasteiger partial charge < -0.3 is 10.4 Å². The zero-order chi connectivity index (χ0) is 13.8. The van der Waals surface area contributed by atoms with E-state index >= 15 is 0 Å². The molecule has 1 aliphatic carbocycles. The third-order valence-corrected chi connectivity index (χ3v) is 3.60. The average molecular weight is 264 g/mol. The van der Waals surface area contributed by atoms with Crippen molar-refractivity contribution in [2.24, 2.45) is 0 Å². The minimum atomic E-state index is -0.387. The van der Waals surface area contributed by atoms with Crippen LogP contribution >= 0.6 is 0 Å². The molecule has 2 atom stereocenters. The summed E-state index contributed by atoms with van der Waals surface area (Å²) in [6.07, 6.45) is 4.61. The third kappa shape index (κ3) is 3.67. The summed E-state index contributed by atoms with van der Waals surface area (Å²) in [5.41, 5.74) is 1.66. The van der Waals surface area contributed by atoms with Crippen molar-refractivity contribution in [3.8, 4) is 0 Å². The quantitative estimate of drug-likeness (QED) is 0.500. The lowest BCUT2D eigenvalue weighted by atomic mass is 10.1. The normalized spacial score (nSPS) is 23.7. The molecule has 1 aliphatic rings. The smallest absolute Gasteiger partial charge is 0.271 e. The molecule has 0 spiro atoms. The molecule has 0 aromatic heterocycles. The van der Waals surface area contributed by atoms with E-state index in [0.29, 0.717) is 0 Å². The van der Waals surface area contributed by atoms with Crippen LogP contribution in [0.3, 0.4) is 0 Å². The van der Waals surface area contributed by atoms with Gasteiger partial charge in [-0.2, -0.15) is 0 Å². The Kier molecular flexibility index (Phi) is 4.37. The Hall–Kier alpha value is -1.62. The van der Waals surface area contributed by atoms with Gasteiger partial charge in [0.1, 0.15) is 0 Å². The van der Waals surface area contributed by atoms with E-state index in [0.717, 1.165) is 43.4 Å². The molecule has 1 aromatic carbocycles. The van der Waals surface area contributed by atoms with Crippen molar-refractivity contribution >= 4 is 11.4 Å². The van der Waals surface area contributed by atoms with Crippen LogP contribution in [-0.4, -0.2) is 22.2 Å². The number of nitrogens with one attached hydrogen (secondary N) is 1. The van der Waals surface area contributed by atoms with Crippen LogP contribution in [0.2, 0.25) is 0 Å². The van der Waals surface area contributed by atoms with Gasteiger partial charge in [-0.1, -0.05) is 19.3 Å². The molecule has 5 nitrogen and oxygen atoms in total. The van der Waals surface area contributed by atoms with Gasteiger partial charge in [-0.3, -0.25) is 10.1 Å². The molecule has 19 heavy (non-hydrogen) atoms. The van der Waals surface area contributed by atoms with Gasteiger partial charge in [0.05, 0.1) is 17.1 Å². The van der Waals surface area contributed by atoms with E-state index in [1.165, 1.54) is 6.07 Å². The summed E-state index contributed by atoms with van der Waals surface area (Å²) in [5, 5.41) is 24.2. The van der Waals surface area contributed by atoms with Crippen LogP contribution in [0, 0.1) is 17.0 Å². The number of anilines is 1. The Bertz CT molecular complexity index is 462. The SMILES string of the molecule is Cc1cc(NC2CCCCCC2O)cc([N+](=O)[O-])c1. The van der Waals surface area contributed by atoms with Crippen LogP contribution in [0.15, 0.2) is 18.2 Å². The minimum absolute atomic E-state index is 0.0103. The summed E-state index contributed by atoms with van der Waals surface area (Å²) >= 11 is 0. The highest BCUT2D eigenvalue weighted by Gasteiger charge is 2.22. The fourth-order valence-electron chi connectivity index (χ4n) is 2.62. The van der Waals surface area contributed by atoms with Crippen molar-refractivity contribution < 1.29 is 10.0 Å². The first-order valence-electron chi connectivity index (χ1n) is 6.77. The van der Waals surface area contributed by atoms with Crippen molar-refractivity contribution in [1.29, 1.82) is 0 Å². The van der Waals surface area contributed by atoms with Gasteiger partial charge in [-0.15, -0.1) is 0 Å². The summed E-state index contributed by atoms with van der Waals surface area (Å²) in [5.74, 6) is 0. The summed E-state index contributed by atoms with van der Waals surface area (Å²) in [6, 6.07) is 4.95. The zero-order valence-electron chi connectivity index (χ0n) is 11.1. The van der Waals surface area contributed by atoms with Gasteiger partial charge in [0.25, 0.3) is 5.69 Å². The molecular formula is C14H20N2O3. The van der Waals surface area contributed by atoms with E-state index < -0.39 is 0 Å². The second kappa shape index (κ2) is 6.02. The average Bonchev–Trinajstić information content (AvgIpc) is 2.54. The van der Waals surface area contributed by atoms with Crippen molar-refractivity contribution in [3.05, 3.63) is 33.9 Å². The van der Waals surface area contributed by atoms with Gasteiger partial charge in [0.15, 0.2) is 0 Å². The number of aliphatic hydroxyl groups excluding tert-OH is 1. The summed E-state index contributed by atoms with van der Waals surface area (Å²) in [7, 11) is 0. The maximum absolute atomic E-state index is 10.8. The van der Waals surface area contributed by atoms with Gasteiger partial charge in [-0.25, -0.2) is 0 Å². The topological polar surface area (TPSA) is 75.4 Å². The molecule has 0 saturated heterocycles. The predicted octanol–water partition coefficient (Wildman–Crippen LogP) is 3.01. The fraction of sp³-hybridized carbons (Fsp3) is 0.571. The van der Waals surface area contributed by atoms with Crippen molar-refractivity contribution in [2.75, 3.05) is 5.32 Å². The number of hydrogen-bond acceptors (Lipinski definition) is 4. The van der Waals surface area contributed by atoms with E-state index in [1.807, 2.05) is 13.0 Å². The highest BCUT2D eigenvalue weighted by atomic mass is 16.6. The molecule has 2 unspecified atom stereocenters. The lowest BCUT2D eigenvalue weighted by molar-refractivity contribution is -0.384. The zero-order valence-corrected chi connectivity index (χ0v) is 11.1. The van der Waals surface area contributed by atoms with E-state index in [4.69, 9.17) is 0 Å². The molecule has 0 bridgehead atoms. The predicted molar refractivity (Wildman–Crippen MR) is 74.3 cm³/mol. The number of aryl methyl sites for hydroxylation is 1. The molecule has 0 aliphatic heterocycles. The lowest BCUT2D eigenvalue weighted by Gasteiger charge is -2.23. The number of nitrogens with zero attached hydrogens (tertiary/aromatic N) is 1. The molecule has 2 rings (SSSR count). The van der Waals surface area contributed by atoms with Gasteiger partial charge >= 0.3 is 0 Å². The molecule has 104 valence electrons. The Morgan fingerprint density at radius 1 is 1.26 bits per heavy atom. The van der Waals surface area contributed by atoms with Crippen LogP contribution in [0.5, 0.6) is 0 Å². The van der Waals surface area contributed by atoms with Crippen LogP contribution in [0.25, 0.3) is 0 Å². The highest BCUT2D eigenvalue weighted by Crippen LogP contribution is 2.25.